The standard InChI is InChI=1S/C12H13BrO4/c1-12(2,5-10(16)17)11-7(6-13)8(14)3-4-9(11)15/h3-4H,5-6H2,1-2H3,(H,16,17). The first-order valence-corrected chi connectivity index (χ1v) is 6.20. The molecule has 0 fully saturated rings. The van der Waals surface area contributed by atoms with Crippen LogP contribution in [0.25, 0.3) is 0 Å². The van der Waals surface area contributed by atoms with Gasteiger partial charge in [-0.15, -0.1) is 0 Å². The zero-order valence-electron chi connectivity index (χ0n) is 9.62. The lowest BCUT2D eigenvalue weighted by Crippen LogP contribution is -2.29. The van der Waals surface area contributed by atoms with Crippen molar-refractivity contribution in [3.8, 4) is 0 Å². The summed E-state index contributed by atoms with van der Waals surface area (Å²) in [5, 5.41) is 9.09. The lowest BCUT2D eigenvalue weighted by atomic mass is 9.74. The number of allylic oxidation sites excluding steroid dienone is 4. The van der Waals surface area contributed by atoms with Crippen LogP contribution >= 0.6 is 15.9 Å². The number of alkyl halides is 1. The van der Waals surface area contributed by atoms with Gasteiger partial charge >= 0.3 is 5.97 Å². The molecule has 0 aromatic rings. The fourth-order valence-electron chi connectivity index (χ4n) is 1.95. The van der Waals surface area contributed by atoms with Gasteiger partial charge in [-0.3, -0.25) is 14.4 Å². The van der Waals surface area contributed by atoms with E-state index in [1.807, 2.05) is 0 Å². The Balaban J connectivity index is 3.27. The molecular formula is C12H13BrO4. The molecule has 0 aliphatic heterocycles. The van der Waals surface area contributed by atoms with Crippen molar-refractivity contribution in [2.75, 3.05) is 5.33 Å². The maximum atomic E-state index is 11.8. The number of rotatable bonds is 4. The topological polar surface area (TPSA) is 71.4 Å². The first kappa shape index (κ1) is 13.8. The molecule has 0 aromatic heterocycles. The summed E-state index contributed by atoms with van der Waals surface area (Å²) in [4.78, 5) is 34.3. The van der Waals surface area contributed by atoms with Crippen molar-refractivity contribution in [2.45, 2.75) is 20.3 Å². The second kappa shape index (κ2) is 4.96. The van der Waals surface area contributed by atoms with Gasteiger partial charge in [-0.25, -0.2) is 0 Å². The molecule has 1 aliphatic rings. The van der Waals surface area contributed by atoms with E-state index in [1.165, 1.54) is 12.2 Å². The van der Waals surface area contributed by atoms with Crippen LogP contribution in [0, 0.1) is 5.41 Å². The molecule has 0 saturated carbocycles. The molecule has 0 spiro atoms. The molecular weight excluding hydrogens is 288 g/mol. The lowest BCUT2D eigenvalue weighted by molar-refractivity contribution is -0.138. The van der Waals surface area contributed by atoms with Gasteiger partial charge in [0.1, 0.15) is 0 Å². The molecule has 0 atom stereocenters. The average molecular weight is 301 g/mol. The summed E-state index contributed by atoms with van der Waals surface area (Å²) in [5.41, 5.74) is -0.208. The van der Waals surface area contributed by atoms with Crippen LogP contribution in [0.1, 0.15) is 20.3 Å². The Morgan fingerprint density at radius 2 is 1.82 bits per heavy atom. The number of ketones is 2. The minimum absolute atomic E-state index is 0.189. The Bertz CT molecular complexity index is 443. The molecule has 0 saturated heterocycles. The second-order valence-corrected chi connectivity index (χ2v) is 5.06. The number of carbonyl (C=O) groups excluding carboxylic acids is 2. The predicted octanol–water partition coefficient (Wildman–Crippen LogP) is 1.89. The predicted molar refractivity (Wildman–Crippen MR) is 66.0 cm³/mol. The molecule has 0 radical (unpaired) electrons. The van der Waals surface area contributed by atoms with Gasteiger partial charge in [0, 0.05) is 21.9 Å². The van der Waals surface area contributed by atoms with Gasteiger partial charge in [0.15, 0.2) is 11.6 Å². The third-order valence-electron chi connectivity index (χ3n) is 2.64. The van der Waals surface area contributed by atoms with Gasteiger partial charge in [-0.1, -0.05) is 29.8 Å². The van der Waals surface area contributed by atoms with E-state index in [1.54, 1.807) is 13.8 Å². The SMILES string of the molecule is CC(C)(CC(=O)O)C1=C(CBr)C(=O)C=CC1=O. The largest absolute Gasteiger partial charge is 0.481 e. The molecule has 92 valence electrons. The Morgan fingerprint density at radius 1 is 1.29 bits per heavy atom. The highest BCUT2D eigenvalue weighted by Gasteiger charge is 2.35. The van der Waals surface area contributed by atoms with E-state index in [0.29, 0.717) is 11.1 Å². The van der Waals surface area contributed by atoms with Crippen LogP contribution in [-0.2, 0) is 14.4 Å². The van der Waals surface area contributed by atoms with Crippen molar-refractivity contribution in [1.29, 1.82) is 0 Å². The number of aliphatic carboxylic acids is 1. The quantitative estimate of drug-likeness (QED) is 0.636. The molecule has 1 N–H and O–H groups in total. The van der Waals surface area contributed by atoms with Crippen molar-refractivity contribution < 1.29 is 19.5 Å². The van der Waals surface area contributed by atoms with Gasteiger partial charge < -0.3 is 5.11 Å². The molecule has 1 rings (SSSR count). The van der Waals surface area contributed by atoms with E-state index in [2.05, 4.69) is 15.9 Å². The number of carbonyl (C=O) groups is 3. The van der Waals surface area contributed by atoms with E-state index in [9.17, 15) is 14.4 Å². The number of hydrogen-bond acceptors (Lipinski definition) is 3. The highest BCUT2D eigenvalue weighted by atomic mass is 79.9. The molecule has 0 heterocycles. The summed E-state index contributed by atoms with van der Waals surface area (Å²) in [6.07, 6.45) is 2.23. The number of carboxylic acids is 1. The lowest BCUT2D eigenvalue weighted by Gasteiger charge is -2.28. The van der Waals surface area contributed by atoms with E-state index in [4.69, 9.17) is 5.11 Å². The Hall–Kier alpha value is -1.23. The smallest absolute Gasteiger partial charge is 0.304 e. The van der Waals surface area contributed by atoms with Crippen LogP contribution in [0.2, 0.25) is 0 Å². The fraction of sp³-hybridized carbons (Fsp3) is 0.417. The van der Waals surface area contributed by atoms with E-state index >= 15 is 0 Å². The first-order valence-electron chi connectivity index (χ1n) is 5.07. The molecule has 0 amide bonds. The van der Waals surface area contributed by atoms with Gasteiger partial charge in [0.05, 0.1) is 6.42 Å². The van der Waals surface area contributed by atoms with Crippen LogP contribution in [-0.4, -0.2) is 28.0 Å². The summed E-state index contributed by atoms with van der Waals surface area (Å²) < 4.78 is 0. The van der Waals surface area contributed by atoms with E-state index in [0.717, 1.165) is 0 Å². The fourth-order valence-corrected chi connectivity index (χ4v) is 2.51. The number of halogens is 1. The van der Waals surface area contributed by atoms with Crippen LogP contribution in [0.3, 0.4) is 0 Å². The maximum absolute atomic E-state index is 11.8. The monoisotopic (exact) mass is 300 g/mol. The minimum Gasteiger partial charge on any atom is -0.481 e. The van der Waals surface area contributed by atoms with E-state index < -0.39 is 11.4 Å². The molecule has 0 aromatic carbocycles. The zero-order valence-corrected chi connectivity index (χ0v) is 11.2. The Labute approximate surface area is 108 Å². The van der Waals surface area contributed by atoms with Crippen molar-refractivity contribution >= 4 is 33.5 Å². The van der Waals surface area contributed by atoms with Crippen molar-refractivity contribution in [3.63, 3.8) is 0 Å². The molecule has 1 aliphatic carbocycles. The third kappa shape index (κ3) is 2.91. The Kier molecular flexibility index (Phi) is 4.03. The summed E-state index contributed by atoms with van der Waals surface area (Å²) in [7, 11) is 0. The third-order valence-corrected chi connectivity index (χ3v) is 3.20. The minimum atomic E-state index is -0.994. The average Bonchev–Trinajstić information content (AvgIpc) is 2.18. The van der Waals surface area contributed by atoms with Gasteiger partial charge in [0.2, 0.25) is 0 Å². The number of hydrogen-bond donors (Lipinski definition) is 1. The molecule has 0 unspecified atom stereocenters. The summed E-state index contributed by atoms with van der Waals surface area (Å²) >= 11 is 3.17. The molecule has 17 heavy (non-hydrogen) atoms. The second-order valence-electron chi connectivity index (χ2n) is 4.50. The van der Waals surface area contributed by atoms with Crippen molar-refractivity contribution in [3.05, 3.63) is 23.3 Å². The Morgan fingerprint density at radius 3 is 2.29 bits per heavy atom. The summed E-state index contributed by atoms with van der Waals surface area (Å²) in [5.74, 6) is -1.52. The van der Waals surface area contributed by atoms with Crippen LogP contribution in [0.5, 0.6) is 0 Å². The van der Waals surface area contributed by atoms with Crippen molar-refractivity contribution in [1.82, 2.24) is 0 Å². The van der Waals surface area contributed by atoms with E-state index in [-0.39, 0.29) is 23.3 Å². The molecule has 4 nitrogen and oxygen atoms in total. The van der Waals surface area contributed by atoms with Crippen molar-refractivity contribution in [2.24, 2.45) is 5.41 Å². The van der Waals surface area contributed by atoms with Gasteiger partial charge in [-0.05, 0) is 12.2 Å². The summed E-state index contributed by atoms with van der Waals surface area (Å²) in [6.45, 7) is 3.31. The first-order chi connectivity index (χ1) is 7.79. The molecule has 5 heteroatoms. The maximum Gasteiger partial charge on any atom is 0.304 e. The number of carboxylic acid groups (broad SMARTS) is 1. The van der Waals surface area contributed by atoms with Crippen LogP contribution in [0.4, 0.5) is 0 Å². The molecule has 0 bridgehead atoms. The van der Waals surface area contributed by atoms with Crippen LogP contribution in [0.15, 0.2) is 23.3 Å². The summed E-state index contributed by atoms with van der Waals surface area (Å²) in [6, 6.07) is 0. The van der Waals surface area contributed by atoms with Crippen LogP contribution < -0.4 is 0 Å². The van der Waals surface area contributed by atoms with Gasteiger partial charge in [0.25, 0.3) is 0 Å². The van der Waals surface area contributed by atoms with Gasteiger partial charge in [-0.2, -0.15) is 0 Å². The highest BCUT2D eigenvalue weighted by Crippen LogP contribution is 2.36. The normalized spacial score (nSPS) is 16.6. The highest BCUT2D eigenvalue weighted by molar-refractivity contribution is 9.09. The zero-order chi connectivity index (χ0) is 13.2.